The second-order valence-electron chi connectivity index (χ2n) is 7.26. The van der Waals surface area contributed by atoms with Gasteiger partial charge in [-0.25, -0.2) is 8.42 Å². The Hall–Kier alpha value is -2.54. The van der Waals surface area contributed by atoms with E-state index in [4.69, 9.17) is 4.42 Å². The fraction of sp³-hybridized carbons (Fsp3) is 0.421. The highest BCUT2D eigenvalue weighted by Crippen LogP contribution is 2.38. The largest absolute Gasteiger partial charge is 0.466 e. The Kier molecular flexibility index (Phi) is 6.11. The lowest BCUT2D eigenvalue weighted by atomic mass is 10.1. The summed E-state index contributed by atoms with van der Waals surface area (Å²) in [4.78, 5) is 12.9. The predicted molar refractivity (Wildman–Crippen MR) is 99.3 cm³/mol. The average Bonchev–Trinajstić information content (AvgIpc) is 3.03. The third-order valence-corrected chi connectivity index (χ3v) is 6.87. The zero-order valence-corrected chi connectivity index (χ0v) is 17.7. The van der Waals surface area contributed by atoms with E-state index >= 15 is 0 Å². The van der Waals surface area contributed by atoms with Crippen LogP contribution in [0.2, 0.25) is 0 Å². The van der Waals surface area contributed by atoms with Crippen molar-refractivity contribution in [2.24, 2.45) is 0 Å². The number of carbonyl (C=O) groups excluding carboxylic acids is 1. The molecule has 1 aliphatic heterocycles. The number of benzene rings is 1. The van der Waals surface area contributed by atoms with Gasteiger partial charge in [0.1, 0.15) is 11.5 Å². The van der Waals surface area contributed by atoms with Crippen molar-refractivity contribution in [3.63, 3.8) is 0 Å². The molecule has 0 saturated carbocycles. The molecule has 3 rings (SSSR count). The van der Waals surface area contributed by atoms with Crippen LogP contribution in [0.25, 0.3) is 0 Å². The lowest BCUT2D eigenvalue weighted by Gasteiger charge is -2.34. The maximum atomic E-state index is 13.1. The topological polar surface area (TPSA) is 70.8 Å². The Bertz CT molecular complexity index is 1100. The van der Waals surface area contributed by atoms with Gasteiger partial charge in [-0.1, -0.05) is 0 Å². The molecule has 176 valence electrons. The van der Waals surface area contributed by atoms with Crippen LogP contribution in [-0.4, -0.2) is 49.7 Å². The predicted octanol–water partition coefficient (Wildman–Crippen LogP) is 4.08. The van der Waals surface area contributed by atoms with Gasteiger partial charge in [-0.3, -0.25) is 4.79 Å². The molecular formula is C19H18F6N2O4S. The second-order valence-corrected chi connectivity index (χ2v) is 9.20. The molecule has 13 heteroatoms. The van der Waals surface area contributed by atoms with E-state index < -0.39 is 44.3 Å². The van der Waals surface area contributed by atoms with Gasteiger partial charge >= 0.3 is 12.4 Å². The lowest BCUT2D eigenvalue weighted by molar-refractivity contribution is -0.143. The van der Waals surface area contributed by atoms with Crippen LogP contribution in [0.5, 0.6) is 0 Å². The van der Waals surface area contributed by atoms with Gasteiger partial charge in [0, 0.05) is 26.2 Å². The molecule has 1 aromatic heterocycles. The van der Waals surface area contributed by atoms with Crippen molar-refractivity contribution in [2.75, 3.05) is 26.2 Å². The number of hydrogen-bond donors (Lipinski definition) is 0. The second kappa shape index (κ2) is 8.10. The van der Waals surface area contributed by atoms with E-state index in [2.05, 4.69) is 0 Å². The van der Waals surface area contributed by atoms with Crippen LogP contribution in [0, 0.1) is 13.8 Å². The average molecular weight is 484 g/mol. The van der Waals surface area contributed by atoms with E-state index in [1.165, 1.54) is 11.0 Å². The van der Waals surface area contributed by atoms with Crippen molar-refractivity contribution in [1.82, 2.24) is 9.21 Å². The Morgan fingerprint density at radius 3 is 1.78 bits per heavy atom. The molecule has 1 fully saturated rings. The molecule has 1 amide bonds. The standard InChI is InChI=1S/C19H18F6N2O4S/c1-11-7-16(12(2)31-11)17(28)26-3-5-27(6-4-26)32(29,30)15-9-13(18(20,21)22)8-14(10-15)19(23,24)25/h7-10H,3-6H2,1-2H3. The van der Waals surface area contributed by atoms with Crippen LogP contribution >= 0.6 is 0 Å². The molecular weight excluding hydrogens is 466 g/mol. The zero-order chi connectivity index (χ0) is 24.1. The van der Waals surface area contributed by atoms with E-state index in [1.807, 2.05) is 0 Å². The fourth-order valence-corrected chi connectivity index (χ4v) is 4.86. The van der Waals surface area contributed by atoms with Crippen LogP contribution in [0.3, 0.4) is 0 Å². The summed E-state index contributed by atoms with van der Waals surface area (Å²) >= 11 is 0. The summed E-state index contributed by atoms with van der Waals surface area (Å²) in [6.45, 7) is 2.48. The number of piperazine rings is 1. The number of carbonyl (C=O) groups is 1. The minimum atomic E-state index is -5.17. The summed E-state index contributed by atoms with van der Waals surface area (Å²) in [5.41, 5.74) is -3.14. The summed E-state index contributed by atoms with van der Waals surface area (Å²) in [6, 6.07) is 1.76. The molecule has 6 nitrogen and oxygen atoms in total. The normalized spacial score (nSPS) is 16.4. The number of alkyl halides is 6. The van der Waals surface area contributed by atoms with Crippen molar-refractivity contribution in [1.29, 1.82) is 0 Å². The number of furan rings is 1. The van der Waals surface area contributed by atoms with Gasteiger partial charge < -0.3 is 9.32 Å². The van der Waals surface area contributed by atoms with Gasteiger partial charge in [0.25, 0.3) is 5.91 Å². The molecule has 32 heavy (non-hydrogen) atoms. The van der Waals surface area contributed by atoms with E-state index in [-0.39, 0.29) is 44.4 Å². The maximum Gasteiger partial charge on any atom is 0.416 e. The number of halogens is 6. The summed E-state index contributed by atoms with van der Waals surface area (Å²) < 4.78 is 110. The molecule has 2 aromatic rings. The number of sulfonamides is 1. The molecule has 0 unspecified atom stereocenters. The first-order valence-electron chi connectivity index (χ1n) is 9.26. The van der Waals surface area contributed by atoms with Crippen LogP contribution in [0.1, 0.15) is 33.0 Å². The van der Waals surface area contributed by atoms with Gasteiger partial charge in [0.05, 0.1) is 21.6 Å². The monoisotopic (exact) mass is 484 g/mol. The molecule has 0 radical (unpaired) electrons. The molecule has 1 aromatic carbocycles. The quantitative estimate of drug-likeness (QED) is 0.616. The summed E-state index contributed by atoms with van der Waals surface area (Å²) in [5, 5.41) is 0. The van der Waals surface area contributed by atoms with Crippen molar-refractivity contribution in [3.05, 3.63) is 52.5 Å². The van der Waals surface area contributed by atoms with Gasteiger partial charge in [0.2, 0.25) is 10.0 Å². The van der Waals surface area contributed by atoms with Crippen molar-refractivity contribution < 1.29 is 44.0 Å². The number of rotatable bonds is 3. The number of nitrogens with zero attached hydrogens (tertiary/aromatic N) is 2. The van der Waals surface area contributed by atoms with Crippen molar-refractivity contribution in [3.8, 4) is 0 Å². The molecule has 0 bridgehead atoms. The van der Waals surface area contributed by atoms with E-state index in [9.17, 15) is 39.6 Å². The lowest BCUT2D eigenvalue weighted by Crippen LogP contribution is -2.50. The Labute approximate surface area is 179 Å². The summed E-state index contributed by atoms with van der Waals surface area (Å²) in [5.74, 6) is 0.484. The Balaban J connectivity index is 1.85. The maximum absolute atomic E-state index is 13.1. The molecule has 0 atom stereocenters. The molecule has 0 aliphatic carbocycles. The summed E-state index contributed by atoms with van der Waals surface area (Å²) in [7, 11) is -4.67. The smallest absolute Gasteiger partial charge is 0.416 e. The van der Waals surface area contributed by atoms with Crippen molar-refractivity contribution >= 4 is 15.9 Å². The van der Waals surface area contributed by atoms with Gasteiger partial charge in [-0.05, 0) is 38.1 Å². The van der Waals surface area contributed by atoms with Crippen LogP contribution in [0.15, 0.2) is 33.6 Å². The van der Waals surface area contributed by atoms with Crippen LogP contribution < -0.4 is 0 Å². The molecule has 1 saturated heterocycles. The first-order valence-corrected chi connectivity index (χ1v) is 10.7. The first-order chi connectivity index (χ1) is 14.6. The number of amides is 1. The van der Waals surface area contributed by atoms with Gasteiger partial charge in [-0.15, -0.1) is 0 Å². The Morgan fingerprint density at radius 2 is 1.38 bits per heavy atom. The molecule has 2 heterocycles. The van der Waals surface area contributed by atoms with Gasteiger partial charge in [0.15, 0.2) is 0 Å². The number of aryl methyl sites for hydroxylation is 2. The minimum absolute atomic E-state index is 0.0905. The summed E-state index contributed by atoms with van der Waals surface area (Å²) in [6.07, 6.45) is -10.3. The van der Waals surface area contributed by atoms with Gasteiger partial charge in [-0.2, -0.15) is 30.6 Å². The van der Waals surface area contributed by atoms with E-state index in [1.54, 1.807) is 13.8 Å². The third-order valence-electron chi connectivity index (χ3n) is 5.00. The highest BCUT2D eigenvalue weighted by Gasteiger charge is 2.40. The highest BCUT2D eigenvalue weighted by molar-refractivity contribution is 7.89. The number of hydrogen-bond acceptors (Lipinski definition) is 4. The third kappa shape index (κ3) is 4.77. The van der Waals surface area contributed by atoms with Crippen molar-refractivity contribution in [2.45, 2.75) is 31.1 Å². The molecule has 1 aliphatic rings. The zero-order valence-electron chi connectivity index (χ0n) is 16.8. The SMILES string of the molecule is Cc1cc(C(=O)N2CCN(S(=O)(=O)c3cc(C(F)(F)F)cc(C(F)(F)F)c3)CC2)c(C)o1. The fourth-order valence-electron chi connectivity index (χ4n) is 3.37. The first kappa shape index (κ1) is 24.1. The molecule has 0 spiro atoms. The highest BCUT2D eigenvalue weighted by atomic mass is 32.2. The molecule has 0 N–H and O–H groups in total. The van der Waals surface area contributed by atoms with Crippen LogP contribution in [-0.2, 0) is 22.4 Å². The Morgan fingerprint density at radius 1 is 0.875 bits per heavy atom. The van der Waals surface area contributed by atoms with E-state index in [0.29, 0.717) is 17.1 Å². The van der Waals surface area contributed by atoms with Crippen LogP contribution in [0.4, 0.5) is 26.3 Å². The minimum Gasteiger partial charge on any atom is -0.466 e. The van der Waals surface area contributed by atoms with E-state index in [0.717, 1.165) is 4.31 Å².